The van der Waals surface area contributed by atoms with Gasteiger partial charge >= 0.3 is 0 Å². The fraction of sp³-hybridized carbons (Fsp3) is 1.00. The predicted molar refractivity (Wildman–Crippen MR) is 68.2 cm³/mol. The van der Waals surface area contributed by atoms with Gasteiger partial charge in [-0.15, -0.1) is 0 Å². The molecule has 0 saturated heterocycles. The Balaban J connectivity index is 2.61. The maximum atomic E-state index is 12.0. The van der Waals surface area contributed by atoms with E-state index in [-0.39, 0.29) is 18.6 Å². The molecule has 3 atom stereocenters. The van der Waals surface area contributed by atoms with Crippen molar-refractivity contribution in [2.45, 2.75) is 43.9 Å². The van der Waals surface area contributed by atoms with Crippen LogP contribution in [0.25, 0.3) is 0 Å². The van der Waals surface area contributed by atoms with Gasteiger partial charge in [0.1, 0.15) is 0 Å². The molecular formula is C11H24N2O3S. The molecule has 0 aromatic heterocycles. The van der Waals surface area contributed by atoms with E-state index in [0.29, 0.717) is 6.54 Å². The lowest BCUT2D eigenvalue weighted by molar-refractivity contribution is 0.199. The number of nitrogens with one attached hydrogen (secondary N) is 1. The highest BCUT2D eigenvalue weighted by Gasteiger charge is 2.30. The average molecular weight is 264 g/mol. The first kappa shape index (κ1) is 14.9. The van der Waals surface area contributed by atoms with Crippen LogP contribution in [0.2, 0.25) is 0 Å². The van der Waals surface area contributed by atoms with Gasteiger partial charge in [0.15, 0.2) is 0 Å². The quantitative estimate of drug-likeness (QED) is 0.730. The van der Waals surface area contributed by atoms with E-state index < -0.39 is 15.3 Å². The van der Waals surface area contributed by atoms with Crippen molar-refractivity contribution >= 4 is 10.0 Å². The maximum absolute atomic E-state index is 12.0. The second-order valence-electron chi connectivity index (χ2n) is 4.82. The molecule has 102 valence electrons. The molecule has 0 aromatic carbocycles. The number of sulfonamides is 1. The number of methoxy groups -OCH3 is 1. The van der Waals surface area contributed by atoms with Gasteiger partial charge < -0.3 is 10.5 Å². The third-order valence-corrected chi connectivity index (χ3v) is 5.29. The molecule has 0 aromatic rings. The zero-order valence-electron chi connectivity index (χ0n) is 10.7. The summed E-state index contributed by atoms with van der Waals surface area (Å²) in [6, 6.07) is -0.00180. The van der Waals surface area contributed by atoms with E-state index in [2.05, 4.69) is 4.72 Å². The van der Waals surface area contributed by atoms with Crippen LogP contribution >= 0.6 is 0 Å². The lowest BCUT2D eigenvalue weighted by atomic mass is 9.85. The molecule has 0 bridgehead atoms. The zero-order valence-corrected chi connectivity index (χ0v) is 11.5. The largest absolute Gasteiger partial charge is 0.383 e. The van der Waals surface area contributed by atoms with Gasteiger partial charge in [0.2, 0.25) is 10.0 Å². The van der Waals surface area contributed by atoms with Crippen LogP contribution in [0, 0.1) is 5.92 Å². The van der Waals surface area contributed by atoms with Crippen LogP contribution in [0.5, 0.6) is 0 Å². The molecular weight excluding hydrogens is 240 g/mol. The fourth-order valence-corrected chi connectivity index (χ4v) is 3.58. The minimum absolute atomic E-state index is 0.00180. The molecule has 1 aliphatic carbocycles. The van der Waals surface area contributed by atoms with Crippen LogP contribution in [-0.2, 0) is 14.8 Å². The molecule has 0 aliphatic heterocycles. The summed E-state index contributed by atoms with van der Waals surface area (Å²) in [7, 11) is -1.79. The van der Waals surface area contributed by atoms with E-state index in [1.807, 2.05) is 0 Å². The monoisotopic (exact) mass is 264 g/mol. The van der Waals surface area contributed by atoms with E-state index in [4.69, 9.17) is 10.5 Å². The molecule has 17 heavy (non-hydrogen) atoms. The lowest BCUT2D eigenvalue weighted by Gasteiger charge is -2.31. The number of ether oxygens (including phenoxy) is 1. The van der Waals surface area contributed by atoms with Crippen molar-refractivity contribution in [1.29, 1.82) is 0 Å². The van der Waals surface area contributed by atoms with Gasteiger partial charge in [0, 0.05) is 13.2 Å². The van der Waals surface area contributed by atoms with Gasteiger partial charge in [-0.25, -0.2) is 13.1 Å². The Morgan fingerprint density at radius 3 is 2.65 bits per heavy atom. The molecule has 0 amide bonds. The van der Waals surface area contributed by atoms with Crippen molar-refractivity contribution in [2.75, 3.05) is 20.3 Å². The van der Waals surface area contributed by atoms with Crippen molar-refractivity contribution in [2.24, 2.45) is 11.7 Å². The standard InChI is InChI=1S/C11H24N2O3S/c1-9(8-16-2)17(14,15)13-11-6-4-3-5-10(11)7-12/h9-11,13H,3-8,12H2,1-2H3. The smallest absolute Gasteiger partial charge is 0.216 e. The second-order valence-corrected chi connectivity index (χ2v) is 6.95. The summed E-state index contributed by atoms with van der Waals surface area (Å²) in [5.41, 5.74) is 5.69. The summed E-state index contributed by atoms with van der Waals surface area (Å²) in [6.45, 7) is 2.42. The van der Waals surface area contributed by atoms with Crippen LogP contribution < -0.4 is 10.5 Å². The normalized spacial score (nSPS) is 27.9. The summed E-state index contributed by atoms with van der Waals surface area (Å²) in [6.07, 6.45) is 4.12. The van der Waals surface area contributed by atoms with Crippen molar-refractivity contribution in [3.63, 3.8) is 0 Å². The van der Waals surface area contributed by atoms with E-state index in [1.54, 1.807) is 6.92 Å². The Hall–Kier alpha value is -0.170. The first-order valence-electron chi connectivity index (χ1n) is 6.21. The van der Waals surface area contributed by atoms with Gasteiger partial charge in [-0.1, -0.05) is 12.8 Å². The first-order valence-corrected chi connectivity index (χ1v) is 7.76. The third kappa shape index (κ3) is 4.21. The van der Waals surface area contributed by atoms with Gasteiger partial charge in [0.25, 0.3) is 0 Å². The van der Waals surface area contributed by atoms with Crippen molar-refractivity contribution in [1.82, 2.24) is 4.72 Å². The van der Waals surface area contributed by atoms with Gasteiger partial charge in [0.05, 0.1) is 11.9 Å². The second kappa shape index (κ2) is 6.68. The molecule has 3 unspecified atom stereocenters. The number of nitrogens with two attached hydrogens (primary N) is 1. The van der Waals surface area contributed by atoms with Crippen LogP contribution in [0.15, 0.2) is 0 Å². The maximum Gasteiger partial charge on any atom is 0.216 e. The summed E-state index contributed by atoms with van der Waals surface area (Å²) in [5, 5.41) is -0.521. The Labute approximate surface area is 104 Å². The predicted octanol–water partition coefficient (Wildman–Crippen LogP) is 0.458. The van der Waals surface area contributed by atoms with Gasteiger partial charge in [-0.05, 0) is 32.2 Å². The van der Waals surface area contributed by atoms with E-state index in [0.717, 1.165) is 25.7 Å². The van der Waals surface area contributed by atoms with Crippen molar-refractivity contribution < 1.29 is 13.2 Å². The highest BCUT2D eigenvalue weighted by molar-refractivity contribution is 7.90. The molecule has 6 heteroatoms. The molecule has 0 spiro atoms. The Bertz CT molecular complexity index is 319. The minimum atomic E-state index is -3.30. The molecule has 5 nitrogen and oxygen atoms in total. The molecule has 1 saturated carbocycles. The highest BCUT2D eigenvalue weighted by Crippen LogP contribution is 2.24. The van der Waals surface area contributed by atoms with Crippen LogP contribution in [0.3, 0.4) is 0 Å². The van der Waals surface area contributed by atoms with E-state index >= 15 is 0 Å². The molecule has 1 fully saturated rings. The number of rotatable bonds is 6. The first-order chi connectivity index (χ1) is 8.01. The average Bonchev–Trinajstić information content (AvgIpc) is 2.29. The van der Waals surface area contributed by atoms with Crippen molar-refractivity contribution in [3.8, 4) is 0 Å². The van der Waals surface area contributed by atoms with Gasteiger partial charge in [-0.2, -0.15) is 0 Å². The molecule has 0 heterocycles. The van der Waals surface area contributed by atoms with E-state index in [1.165, 1.54) is 7.11 Å². The molecule has 1 aliphatic rings. The minimum Gasteiger partial charge on any atom is -0.383 e. The Morgan fingerprint density at radius 1 is 1.41 bits per heavy atom. The van der Waals surface area contributed by atoms with E-state index in [9.17, 15) is 8.42 Å². The van der Waals surface area contributed by atoms with Crippen LogP contribution in [0.1, 0.15) is 32.6 Å². The summed E-state index contributed by atoms with van der Waals surface area (Å²) in [5.74, 6) is 0.272. The number of hydrogen-bond donors (Lipinski definition) is 2. The Kier molecular flexibility index (Phi) is 5.85. The van der Waals surface area contributed by atoms with Crippen LogP contribution in [0.4, 0.5) is 0 Å². The van der Waals surface area contributed by atoms with Gasteiger partial charge in [-0.3, -0.25) is 0 Å². The lowest BCUT2D eigenvalue weighted by Crippen LogP contribution is -2.48. The number of hydrogen-bond acceptors (Lipinski definition) is 4. The third-order valence-electron chi connectivity index (χ3n) is 3.46. The summed E-state index contributed by atoms with van der Waals surface area (Å²) < 4.78 is 31.7. The van der Waals surface area contributed by atoms with Crippen molar-refractivity contribution in [3.05, 3.63) is 0 Å². The molecule has 0 radical (unpaired) electrons. The summed E-state index contributed by atoms with van der Waals surface area (Å²) in [4.78, 5) is 0. The molecule has 3 N–H and O–H groups in total. The fourth-order valence-electron chi connectivity index (χ4n) is 2.30. The molecule has 1 rings (SSSR count). The topological polar surface area (TPSA) is 81.4 Å². The zero-order chi connectivity index (χ0) is 12.9. The Morgan fingerprint density at radius 2 is 2.06 bits per heavy atom. The summed E-state index contributed by atoms with van der Waals surface area (Å²) >= 11 is 0. The van der Waals surface area contributed by atoms with Crippen LogP contribution in [-0.4, -0.2) is 40.0 Å². The SMILES string of the molecule is COCC(C)S(=O)(=O)NC1CCCCC1CN. The highest BCUT2D eigenvalue weighted by atomic mass is 32.2.